The van der Waals surface area contributed by atoms with E-state index in [4.69, 9.17) is 0 Å². The summed E-state index contributed by atoms with van der Waals surface area (Å²) in [5.41, 5.74) is 0.415. The predicted molar refractivity (Wildman–Crippen MR) is 62.6 cm³/mol. The molecule has 1 aliphatic heterocycles. The molecule has 0 aromatic heterocycles. The van der Waals surface area contributed by atoms with Gasteiger partial charge in [0.2, 0.25) is 0 Å². The minimum absolute atomic E-state index is 0.415. The maximum absolute atomic E-state index is 3.69. The first kappa shape index (κ1) is 12.0. The molecule has 0 amide bonds. The number of nitrogens with one attached hydrogen (secondary N) is 1. The molecule has 0 aromatic carbocycles. The largest absolute Gasteiger partial charge is 0.310 e. The van der Waals surface area contributed by atoms with Gasteiger partial charge in [0.25, 0.3) is 0 Å². The fourth-order valence-electron chi connectivity index (χ4n) is 2.36. The molecular formula is C12H26N2. The first-order valence-electron chi connectivity index (χ1n) is 6.09. The van der Waals surface area contributed by atoms with E-state index in [1.165, 1.54) is 38.8 Å². The van der Waals surface area contributed by atoms with Gasteiger partial charge >= 0.3 is 0 Å². The topological polar surface area (TPSA) is 15.3 Å². The summed E-state index contributed by atoms with van der Waals surface area (Å²) in [6.45, 7) is 9.31. The molecule has 0 saturated carbocycles. The molecule has 1 aliphatic rings. The summed E-state index contributed by atoms with van der Waals surface area (Å²) in [7, 11) is 2.26. The molecular weight excluding hydrogens is 172 g/mol. The second-order valence-electron chi connectivity index (χ2n) is 4.84. The molecule has 1 rings (SSSR count). The highest BCUT2D eigenvalue weighted by atomic mass is 15.2. The Morgan fingerprint density at radius 2 is 2.14 bits per heavy atom. The first-order valence-corrected chi connectivity index (χ1v) is 6.09. The molecule has 0 radical (unpaired) electrons. The Morgan fingerprint density at radius 3 is 2.57 bits per heavy atom. The summed E-state index contributed by atoms with van der Waals surface area (Å²) < 4.78 is 0. The zero-order valence-electron chi connectivity index (χ0n) is 10.3. The van der Waals surface area contributed by atoms with Crippen molar-refractivity contribution < 1.29 is 0 Å². The van der Waals surface area contributed by atoms with Gasteiger partial charge in [-0.3, -0.25) is 0 Å². The van der Waals surface area contributed by atoms with Crippen molar-refractivity contribution in [1.82, 2.24) is 10.2 Å². The summed E-state index contributed by atoms with van der Waals surface area (Å²) in [6.07, 6.45) is 5.20. The predicted octanol–water partition coefficient (Wildman–Crippen LogP) is 2.25. The number of rotatable bonds is 5. The van der Waals surface area contributed by atoms with Crippen molar-refractivity contribution in [3.63, 3.8) is 0 Å². The van der Waals surface area contributed by atoms with Crippen LogP contribution < -0.4 is 5.32 Å². The third-order valence-electron chi connectivity index (χ3n) is 3.90. The quantitative estimate of drug-likeness (QED) is 0.729. The Morgan fingerprint density at radius 1 is 1.43 bits per heavy atom. The molecule has 0 aliphatic carbocycles. The van der Waals surface area contributed by atoms with Crippen LogP contribution in [0, 0.1) is 0 Å². The molecule has 0 spiro atoms. The lowest BCUT2D eigenvalue weighted by Crippen LogP contribution is -2.50. The Bertz CT molecular complexity index is 162. The molecule has 1 saturated heterocycles. The molecule has 2 unspecified atom stereocenters. The van der Waals surface area contributed by atoms with Crippen molar-refractivity contribution in [2.75, 3.05) is 20.1 Å². The lowest BCUT2D eigenvalue weighted by atomic mass is 9.93. The van der Waals surface area contributed by atoms with Crippen LogP contribution in [0.5, 0.6) is 0 Å². The van der Waals surface area contributed by atoms with Gasteiger partial charge in [-0.05, 0) is 46.2 Å². The van der Waals surface area contributed by atoms with Crippen LogP contribution in [0.15, 0.2) is 0 Å². The molecule has 14 heavy (non-hydrogen) atoms. The third-order valence-corrected chi connectivity index (χ3v) is 3.90. The fraction of sp³-hybridized carbons (Fsp3) is 1.00. The second-order valence-corrected chi connectivity index (χ2v) is 4.84. The van der Waals surface area contributed by atoms with Gasteiger partial charge in [-0.1, -0.05) is 13.8 Å². The van der Waals surface area contributed by atoms with Crippen molar-refractivity contribution in [2.24, 2.45) is 0 Å². The van der Waals surface area contributed by atoms with Gasteiger partial charge in [0, 0.05) is 18.1 Å². The van der Waals surface area contributed by atoms with Crippen LogP contribution in [-0.2, 0) is 0 Å². The SMILES string of the molecule is CCC(C)N(C)CC1(CC)CCCN1. The van der Waals surface area contributed by atoms with Crippen LogP contribution in [0.3, 0.4) is 0 Å². The van der Waals surface area contributed by atoms with E-state index < -0.39 is 0 Å². The van der Waals surface area contributed by atoms with Gasteiger partial charge in [0.05, 0.1) is 0 Å². The summed E-state index contributed by atoms with van der Waals surface area (Å²) in [4.78, 5) is 2.50. The minimum atomic E-state index is 0.415. The Labute approximate surface area is 89.1 Å². The summed E-state index contributed by atoms with van der Waals surface area (Å²) >= 11 is 0. The van der Waals surface area contributed by atoms with Crippen molar-refractivity contribution in [2.45, 2.75) is 58.0 Å². The maximum Gasteiger partial charge on any atom is 0.0306 e. The molecule has 1 N–H and O–H groups in total. The standard InChI is InChI=1S/C12H26N2/c1-5-11(3)14(4)10-12(6-2)8-7-9-13-12/h11,13H,5-10H2,1-4H3. The van der Waals surface area contributed by atoms with Crippen LogP contribution in [0.4, 0.5) is 0 Å². The third kappa shape index (κ3) is 2.71. The van der Waals surface area contributed by atoms with E-state index in [0.717, 1.165) is 0 Å². The summed E-state index contributed by atoms with van der Waals surface area (Å²) in [5, 5.41) is 3.69. The highest BCUT2D eigenvalue weighted by Crippen LogP contribution is 2.24. The van der Waals surface area contributed by atoms with Crippen molar-refractivity contribution in [3.8, 4) is 0 Å². The van der Waals surface area contributed by atoms with Crippen LogP contribution >= 0.6 is 0 Å². The van der Waals surface area contributed by atoms with Gasteiger partial charge in [0.1, 0.15) is 0 Å². The van der Waals surface area contributed by atoms with E-state index in [1.807, 2.05) is 0 Å². The van der Waals surface area contributed by atoms with E-state index >= 15 is 0 Å². The van der Waals surface area contributed by atoms with Crippen LogP contribution in [-0.4, -0.2) is 36.6 Å². The van der Waals surface area contributed by atoms with Crippen LogP contribution in [0.1, 0.15) is 46.5 Å². The van der Waals surface area contributed by atoms with Gasteiger partial charge in [-0.2, -0.15) is 0 Å². The van der Waals surface area contributed by atoms with Gasteiger partial charge in [-0.25, -0.2) is 0 Å². The average Bonchev–Trinajstić information content (AvgIpc) is 2.65. The van der Waals surface area contributed by atoms with E-state index in [1.54, 1.807) is 0 Å². The van der Waals surface area contributed by atoms with Crippen LogP contribution in [0.2, 0.25) is 0 Å². The highest BCUT2D eigenvalue weighted by molar-refractivity contribution is 4.94. The van der Waals surface area contributed by atoms with Gasteiger partial charge in [-0.15, -0.1) is 0 Å². The van der Waals surface area contributed by atoms with Gasteiger partial charge in [0.15, 0.2) is 0 Å². The Kier molecular flexibility index (Phi) is 4.39. The van der Waals surface area contributed by atoms with Crippen molar-refractivity contribution >= 4 is 0 Å². The van der Waals surface area contributed by atoms with E-state index in [9.17, 15) is 0 Å². The highest BCUT2D eigenvalue weighted by Gasteiger charge is 2.33. The summed E-state index contributed by atoms with van der Waals surface area (Å²) in [6, 6.07) is 0.709. The molecule has 0 aromatic rings. The molecule has 1 fully saturated rings. The lowest BCUT2D eigenvalue weighted by Gasteiger charge is -2.35. The molecule has 2 heteroatoms. The molecule has 84 valence electrons. The van der Waals surface area contributed by atoms with E-state index in [0.29, 0.717) is 11.6 Å². The number of nitrogens with zero attached hydrogens (tertiary/aromatic N) is 1. The average molecular weight is 198 g/mol. The Hall–Kier alpha value is -0.0800. The number of hydrogen-bond donors (Lipinski definition) is 1. The lowest BCUT2D eigenvalue weighted by molar-refractivity contribution is 0.175. The Balaban J connectivity index is 2.47. The van der Waals surface area contributed by atoms with Crippen molar-refractivity contribution in [3.05, 3.63) is 0 Å². The maximum atomic E-state index is 3.69. The minimum Gasteiger partial charge on any atom is -0.310 e. The molecule has 0 bridgehead atoms. The van der Waals surface area contributed by atoms with Gasteiger partial charge < -0.3 is 10.2 Å². The second kappa shape index (κ2) is 5.13. The fourth-order valence-corrected chi connectivity index (χ4v) is 2.36. The van der Waals surface area contributed by atoms with E-state index in [-0.39, 0.29) is 0 Å². The molecule has 1 heterocycles. The zero-order chi connectivity index (χ0) is 10.6. The monoisotopic (exact) mass is 198 g/mol. The van der Waals surface area contributed by atoms with E-state index in [2.05, 4.69) is 38.0 Å². The van der Waals surface area contributed by atoms with Crippen LogP contribution in [0.25, 0.3) is 0 Å². The number of likely N-dealkylation sites (N-methyl/N-ethyl adjacent to an activating group) is 1. The smallest absolute Gasteiger partial charge is 0.0306 e. The summed E-state index contributed by atoms with van der Waals surface area (Å²) in [5.74, 6) is 0. The molecule has 2 atom stereocenters. The first-order chi connectivity index (χ1) is 6.63. The van der Waals surface area contributed by atoms with Crippen molar-refractivity contribution in [1.29, 1.82) is 0 Å². The number of hydrogen-bond acceptors (Lipinski definition) is 2. The normalized spacial score (nSPS) is 29.8. The molecule has 2 nitrogen and oxygen atoms in total. The zero-order valence-corrected chi connectivity index (χ0v) is 10.3.